The fourth-order valence-corrected chi connectivity index (χ4v) is 1.43. The van der Waals surface area contributed by atoms with Gasteiger partial charge in [-0.3, -0.25) is 10.1 Å². The molecule has 0 heterocycles. The molecule has 0 bridgehead atoms. The van der Waals surface area contributed by atoms with E-state index in [1.807, 2.05) is 20.8 Å². The average molecular weight is 266 g/mol. The summed E-state index contributed by atoms with van der Waals surface area (Å²) in [5.41, 5.74) is 0.456. The van der Waals surface area contributed by atoms with Crippen molar-refractivity contribution in [2.24, 2.45) is 0 Å². The molecule has 0 saturated carbocycles. The lowest BCUT2D eigenvalue weighted by molar-refractivity contribution is -0.384. The molecule has 0 aliphatic carbocycles. The van der Waals surface area contributed by atoms with E-state index >= 15 is 0 Å². The number of carbonyl (C=O) groups is 1. The number of ether oxygens (including phenoxy) is 1. The number of non-ortho nitro benzene ring substituents is 1. The van der Waals surface area contributed by atoms with Crippen LogP contribution in [0.1, 0.15) is 26.3 Å². The second-order valence-corrected chi connectivity index (χ2v) is 5.19. The van der Waals surface area contributed by atoms with Gasteiger partial charge in [-0.05, 0) is 26.3 Å². The Morgan fingerprint density at radius 2 is 2.11 bits per heavy atom. The van der Waals surface area contributed by atoms with Gasteiger partial charge in [-0.15, -0.1) is 0 Å². The van der Waals surface area contributed by atoms with E-state index in [1.54, 1.807) is 12.1 Å². The van der Waals surface area contributed by atoms with Crippen molar-refractivity contribution in [3.8, 4) is 0 Å². The van der Waals surface area contributed by atoms with Gasteiger partial charge in [0.05, 0.1) is 11.5 Å². The van der Waals surface area contributed by atoms with Crippen LogP contribution in [0.5, 0.6) is 0 Å². The van der Waals surface area contributed by atoms with Gasteiger partial charge >= 0.3 is 6.09 Å². The Labute approximate surface area is 111 Å². The van der Waals surface area contributed by atoms with Crippen LogP contribution in [0.3, 0.4) is 0 Å². The van der Waals surface area contributed by atoms with Crippen molar-refractivity contribution in [2.45, 2.75) is 32.7 Å². The molecule has 0 aromatic heterocycles. The minimum absolute atomic E-state index is 0.0386. The number of benzene rings is 1. The standard InChI is InChI=1S/C13H18N2O4/c1-13(2,3)14-12(16)19-8-7-10-5-4-6-11(9-10)15(17)18/h4-6,9H,7-8H2,1-3H3,(H,14,16). The summed E-state index contributed by atoms with van der Waals surface area (Å²) >= 11 is 0. The summed E-state index contributed by atoms with van der Waals surface area (Å²) < 4.78 is 5.00. The quantitative estimate of drug-likeness (QED) is 0.671. The fourth-order valence-electron chi connectivity index (χ4n) is 1.43. The molecule has 1 amide bonds. The Morgan fingerprint density at radius 1 is 1.42 bits per heavy atom. The zero-order valence-corrected chi connectivity index (χ0v) is 11.3. The van der Waals surface area contributed by atoms with Gasteiger partial charge in [0.2, 0.25) is 0 Å². The van der Waals surface area contributed by atoms with E-state index in [2.05, 4.69) is 5.32 Å². The third-order valence-electron chi connectivity index (χ3n) is 2.22. The molecule has 0 atom stereocenters. The molecule has 6 heteroatoms. The Balaban J connectivity index is 2.43. The smallest absolute Gasteiger partial charge is 0.407 e. The number of amides is 1. The van der Waals surface area contributed by atoms with E-state index in [9.17, 15) is 14.9 Å². The van der Waals surface area contributed by atoms with Crippen molar-refractivity contribution < 1.29 is 14.5 Å². The maximum absolute atomic E-state index is 11.4. The number of rotatable bonds is 4. The molecule has 1 aromatic carbocycles. The molecule has 0 fully saturated rings. The summed E-state index contributed by atoms with van der Waals surface area (Å²) in [6.45, 7) is 5.75. The largest absolute Gasteiger partial charge is 0.449 e. The predicted molar refractivity (Wildman–Crippen MR) is 71.0 cm³/mol. The van der Waals surface area contributed by atoms with Gasteiger partial charge in [-0.1, -0.05) is 12.1 Å². The summed E-state index contributed by atoms with van der Waals surface area (Å²) in [6.07, 6.45) is -0.0443. The monoisotopic (exact) mass is 266 g/mol. The molecule has 0 aliphatic heterocycles. The lowest BCUT2D eigenvalue weighted by atomic mass is 10.1. The molecule has 0 aliphatic rings. The first-order chi connectivity index (χ1) is 8.78. The molecule has 19 heavy (non-hydrogen) atoms. The van der Waals surface area contributed by atoms with Crippen molar-refractivity contribution in [3.05, 3.63) is 39.9 Å². The number of nitro benzene ring substituents is 1. The Bertz CT molecular complexity index is 466. The van der Waals surface area contributed by atoms with Crippen molar-refractivity contribution in [2.75, 3.05) is 6.61 Å². The van der Waals surface area contributed by atoms with Crippen LogP contribution in [0.2, 0.25) is 0 Å². The summed E-state index contributed by atoms with van der Waals surface area (Å²) in [5.74, 6) is 0. The maximum atomic E-state index is 11.4. The highest BCUT2D eigenvalue weighted by atomic mass is 16.6. The van der Waals surface area contributed by atoms with Crippen LogP contribution in [0.4, 0.5) is 10.5 Å². The average Bonchev–Trinajstić information content (AvgIpc) is 2.27. The van der Waals surface area contributed by atoms with Gasteiger partial charge in [-0.25, -0.2) is 4.79 Å². The van der Waals surface area contributed by atoms with Crippen molar-refractivity contribution in [3.63, 3.8) is 0 Å². The Hall–Kier alpha value is -2.11. The molecule has 0 radical (unpaired) electrons. The topological polar surface area (TPSA) is 81.5 Å². The van der Waals surface area contributed by atoms with E-state index < -0.39 is 11.0 Å². The van der Waals surface area contributed by atoms with E-state index in [0.29, 0.717) is 6.42 Å². The van der Waals surface area contributed by atoms with Crippen LogP contribution in [-0.4, -0.2) is 23.2 Å². The van der Waals surface area contributed by atoms with Gasteiger partial charge < -0.3 is 10.1 Å². The predicted octanol–water partition coefficient (Wildman–Crippen LogP) is 2.66. The van der Waals surface area contributed by atoms with Gasteiger partial charge in [0, 0.05) is 24.1 Å². The normalized spacial score (nSPS) is 10.9. The number of nitro groups is 1. The van der Waals surface area contributed by atoms with Crippen LogP contribution >= 0.6 is 0 Å². The minimum Gasteiger partial charge on any atom is -0.449 e. The Morgan fingerprint density at radius 3 is 2.68 bits per heavy atom. The van der Waals surface area contributed by atoms with Crippen molar-refractivity contribution in [1.82, 2.24) is 5.32 Å². The van der Waals surface area contributed by atoms with E-state index in [4.69, 9.17) is 4.74 Å². The highest BCUT2D eigenvalue weighted by molar-refractivity contribution is 5.68. The van der Waals surface area contributed by atoms with Crippen LogP contribution in [0.25, 0.3) is 0 Å². The van der Waals surface area contributed by atoms with Crippen molar-refractivity contribution in [1.29, 1.82) is 0 Å². The van der Waals surface area contributed by atoms with Crippen LogP contribution in [-0.2, 0) is 11.2 Å². The van der Waals surface area contributed by atoms with Crippen LogP contribution < -0.4 is 5.32 Å². The second-order valence-electron chi connectivity index (χ2n) is 5.19. The SMILES string of the molecule is CC(C)(C)NC(=O)OCCc1cccc([N+](=O)[O-])c1. The lowest BCUT2D eigenvalue weighted by Crippen LogP contribution is -2.41. The zero-order valence-electron chi connectivity index (χ0n) is 11.3. The molecule has 1 N–H and O–H groups in total. The second kappa shape index (κ2) is 6.17. The first-order valence-electron chi connectivity index (χ1n) is 5.96. The van der Waals surface area contributed by atoms with Gasteiger partial charge in [-0.2, -0.15) is 0 Å². The van der Waals surface area contributed by atoms with E-state index in [1.165, 1.54) is 12.1 Å². The van der Waals surface area contributed by atoms with Gasteiger partial charge in [0.15, 0.2) is 0 Å². The lowest BCUT2D eigenvalue weighted by Gasteiger charge is -2.19. The molecule has 1 aromatic rings. The zero-order chi connectivity index (χ0) is 14.5. The first kappa shape index (κ1) is 14.9. The summed E-state index contributed by atoms with van der Waals surface area (Å²) in [7, 11) is 0. The molecule has 0 spiro atoms. The van der Waals surface area contributed by atoms with Crippen LogP contribution in [0, 0.1) is 10.1 Å². The highest BCUT2D eigenvalue weighted by Crippen LogP contribution is 2.13. The number of carbonyl (C=O) groups excluding carboxylic acids is 1. The molecule has 1 rings (SSSR count). The highest BCUT2D eigenvalue weighted by Gasteiger charge is 2.14. The molecule has 104 valence electrons. The Kier molecular flexibility index (Phi) is 4.86. The number of nitrogens with zero attached hydrogens (tertiary/aromatic N) is 1. The third kappa shape index (κ3) is 5.85. The first-order valence-corrected chi connectivity index (χ1v) is 5.96. The van der Waals surface area contributed by atoms with Gasteiger partial charge in [0.1, 0.15) is 0 Å². The molecule has 0 saturated heterocycles. The molecule has 6 nitrogen and oxygen atoms in total. The molecular weight excluding hydrogens is 248 g/mol. The number of nitrogens with one attached hydrogen (secondary N) is 1. The summed E-state index contributed by atoms with van der Waals surface area (Å²) in [4.78, 5) is 21.5. The van der Waals surface area contributed by atoms with E-state index in [0.717, 1.165) is 5.56 Å². The van der Waals surface area contributed by atoms with Crippen LogP contribution in [0.15, 0.2) is 24.3 Å². The number of hydrogen-bond acceptors (Lipinski definition) is 4. The number of hydrogen-bond donors (Lipinski definition) is 1. The fraction of sp³-hybridized carbons (Fsp3) is 0.462. The van der Waals surface area contributed by atoms with Crippen molar-refractivity contribution >= 4 is 11.8 Å². The molecule has 0 unspecified atom stereocenters. The molecular formula is C13H18N2O4. The summed E-state index contributed by atoms with van der Waals surface area (Å²) in [5, 5.41) is 13.3. The maximum Gasteiger partial charge on any atom is 0.407 e. The van der Waals surface area contributed by atoms with E-state index in [-0.39, 0.29) is 17.8 Å². The third-order valence-corrected chi connectivity index (χ3v) is 2.22. The minimum atomic E-state index is -0.488. The number of alkyl carbamates (subject to hydrolysis) is 1. The summed E-state index contributed by atoms with van der Waals surface area (Å²) in [6, 6.07) is 6.28. The van der Waals surface area contributed by atoms with Gasteiger partial charge in [0.25, 0.3) is 5.69 Å².